The van der Waals surface area contributed by atoms with Crippen LogP contribution in [0.1, 0.15) is 42.4 Å². The predicted molar refractivity (Wildman–Crippen MR) is 87.1 cm³/mol. The second kappa shape index (κ2) is 6.60. The first-order valence-corrected chi connectivity index (χ1v) is 8.39. The molecule has 0 aliphatic rings. The molecule has 0 spiro atoms. The molecule has 2 aromatic rings. The highest BCUT2D eigenvalue weighted by atomic mass is 32.2. The van der Waals surface area contributed by atoms with Crippen molar-refractivity contribution < 1.29 is 0 Å². The van der Waals surface area contributed by atoms with Crippen molar-refractivity contribution in [1.29, 1.82) is 0 Å². The van der Waals surface area contributed by atoms with E-state index in [4.69, 9.17) is 5.73 Å². The minimum absolute atomic E-state index is 0.147. The molecule has 0 saturated carbocycles. The minimum atomic E-state index is 0.147. The Kier molecular flexibility index (Phi) is 5.08. The van der Waals surface area contributed by atoms with E-state index in [0.717, 1.165) is 0 Å². The summed E-state index contributed by atoms with van der Waals surface area (Å²) in [5.74, 6) is 0.584. The lowest BCUT2D eigenvalue weighted by Gasteiger charge is -2.19. The van der Waals surface area contributed by atoms with Crippen LogP contribution in [0, 0.1) is 0 Å². The molecule has 1 heterocycles. The van der Waals surface area contributed by atoms with Gasteiger partial charge >= 0.3 is 0 Å². The van der Waals surface area contributed by atoms with Gasteiger partial charge in [-0.1, -0.05) is 32.0 Å². The standard InChI is InChI=1S/C16H21NS2/c1-11(2)13-6-8-14(9-7-13)19-16(12(3)17)15-5-4-10-18-15/h4-12,16H,17H2,1-3H3. The summed E-state index contributed by atoms with van der Waals surface area (Å²) in [4.78, 5) is 2.65. The molecule has 2 atom stereocenters. The molecule has 1 aromatic heterocycles. The number of hydrogen-bond donors (Lipinski definition) is 1. The van der Waals surface area contributed by atoms with Crippen LogP contribution in [-0.2, 0) is 0 Å². The molecule has 0 bridgehead atoms. The van der Waals surface area contributed by atoms with Crippen molar-refractivity contribution >= 4 is 23.1 Å². The Morgan fingerprint density at radius 3 is 2.21 bits per heavy atom. The average molecular weight is 291 g/mol. The molecule has 3 heteroatoms. The van der Waals surface area contributed by atoms with Crippen LogP contribution in [0.5, 0.6) is 0 Å². The number of rotatable bonds is 5. The lowest BCUT2D eigenvalue weighted by Crippen LogP contribution is -2.21. The van der Waals surface area contributed by atoms with E-state index in [1.807, 2.05) is 11.8 Å². The molecule has 19 heavy (non-hydrogen) atoms. The number of nitrogens with two attached hydrogens (primary N) is 1. The molecule has 0 aliphatic heterocycles. The Hall–Kier alpha value is -0.770. The Balaban J connectivity index is 2.13. The van der Waals surface area contributed by atoms with Crippen LogP contribution in [0.15, 0.2) is 46.7 Å². The minimum Gasteiger partial charge on any atom is -0.327 e. The third-order valence-corrected chi connectivity index (χ3v) is 5.70. The van der Waals surface area contributed by atoms with Gasteiger partial charge in [0, 0.05) is 15.8 Å². The number of thioether (sulfide) groups is 1. The summed E-state index contributed by atoms with van der Waals surface area (Å²) >= 11 is 3.65. The summed E-state index contributed by atoms with van der Waals surface area (Å²) in [5, 5.41) is 2.46. The van der Waals surface area contributed by atoms with Crippen molar-refractivity contribution in [1.82, 2.24) is 0 Å². The highest BCUT2D eigenvalue weighted by molar-refractivity contribution is 7.99. The smallest absolute Gasteiger partial charge is 0.0586 e. The zero-order valence-electron chi connectivity index (χ0n) is 11.7. The monoisotopic (exact) mass is 291 g/mol. The Morgan fingerprint density at radius 2 is 1.74 bits per heavy atom. The number of hydrogen-bond acceptors (Lipinski definition) is 3. The molecule has 0 amide bonds. The number of benzene rings is 1. The summed E-state index contributed by atoms with van der Waals surface area (Å²) in [5.41, 5.74) is 7.53. The van der Waals surface area contributed by atoms with E-state index in [9.17, 15) is 0 Å². The van der Waals surface area contributed by atoms with Gasteiger partial charge < -0.3 is 5.73 Å². The van der Waals surface area contributed by atoms with Crippen molar-refractivity contribution in [2.75, 3.05) is 0 Å². The van der Waals surface area contributed by atoms with Crippen LogP contribution in [0.25, 0.3) is 0 Å². The molecular weight excluding hydrogens is 270 g/mol. The molecule has 0 aliphatic carbocycles. The largest absolute Gasteiger partial charge is 0.327 e. The van der Waals surface area contributed by atoms with Crippen molar-refractivity contribution in [3.05, 3.63) is 52.2 Å². The van der Waals surface area contributed by atoms with E-state index >= 15 is 0 Å². The van der Waals surface area contributed by atoms with E-state index in [0.29, 0.717) is 11.2 Å². The van der Waals surface area contributed by atoms with Gasteiger partial charge in [0.05, 0.1) is 5.25 Å². The van der Waals surface area contributed by atoms with Crippen LogP contribution in [0.4, 0.5) is 0 Å². The van der Waals surface area contributed by atoms with Gasteiger partial charge in [-0.15, -0.1) is 23.1 Å². The fraction of sp³-hybridized carbons (Fsp3) is 0.375. The van der Waals surface area contributed by atoms with Gasteiger partial charge in [-0.25, -0.2) is 0 Å². The van der Waals surface area contributed by atoms with Gasteiger partial charge in [0.25, 0.3) is 0 Å². The first kappa shape index (κ1) is 14.6. The maximum atomic E-state index is 6.14. The van der Waals surface area contributed by atoms with Gasteiger partial charge in [0.2, 0.25) is 0 Å². The summed E-state index contributed by atoms with van der Waals surface area (Å²) < 4.78 is 0. The molecule has 1 aromatic carbocycles. The van der Waals surface area contributed by atoms with Gasteiger partial charge in [0.15, 0.2) is 0 Å². The number of thiophene rings is 1. The third kappa shape index (κ3) is 3.85. The van der Waals surface area contributed by atoms with Crippen LogP contribution in [-0.4, -0.2) is 6.04 Å². The molecule has 0 fully saturated rings. The zero-order chi connectivity index (χ0) is 13.8. The van der Waals surface area contributed by atoms with Crippen LogP contribution in [0.3, 0.4) is 0 Å². The highest BCUT2D eigenvalue weighted by Gasteiger charge is 2.18. The van der Waals surface area contributed by atoms with Crippen molar-refractivity contribution in [3.8, 4) is 0 Å². The molecule has 2 N–H and O–H groups in total. The van der Waals surface area contributed by atoms with Gasteiger partial charge in [0.1, 0.15) is 0 Å². The first-order chi connectivity index (χ1) is 9.08. The fourth-order valence-electron chi connectivity index (χ4n) is 1.96. The zero-order valence-corrected chi connectivity index (χ0v) is 13.3. The summed E-state index contributed by atoms with van der Waals surface area (Å²) in [6.45, 7) is 6.52. The molecule has 2 unspecified atom stereocenters. The molecule has 1 nitrogen and oxygen atoms in total. The second-order valence-electron chi connectivity index (χ2n) is 5.14. The molecule has 0 radical (unpaired) electrons. The van der Waals surface area contributed by atoms with E-state index in [1.165, 1.54) is 15.3 Å². The van der Waals surface area contributed by atoms with Crippen LogP contribution in [0.2, 0.25) is 0 Å². The molecule has 0 saturated heterocycles. The van der Waals surface area contributed by atoms with E-state index in [-0.39, 0.29) is 6.04 Å². The van der Waals surface area contributed by atoms with Crippen molar-refractivity contribution in [2.45, 2.75) is 42.9 Å². The van der Waals surface area contributed by atoms with Gasteiger partial charge in [-0.3, -0.25) is 0 Å². The van der Waals surface area contributed by atoms with Crippen LogP contribution < -0.4 is 5.73 Å². The maximum Gasteiger partial charge on any atom is 0.0586 e. The Bertz CT molecular complexity index is 486. The molecule has 2 rings (SSSR count). The fourth-order valence-corrected chi connectivity index (χ4v) is 4.08. The Morgan fingerprint density at radius 1 is 1.05 bits per heavy atom. The van der Waals surface area contributed by atoms with E-state index < -0.39 is 0 Å². The van der Waals surface area contributed by atoms with Gasteiger partial charge in [-0.2, -0.15) is 0 Å². The SMILES string of the molecule is CC(C)c1ccc(SC(c2cccs2)C(C)N)cc1. The maximum absolute atomic E-state index is 6.14. The van der Waals surface area contributed by atoms with E-state index in [1.54, 1.807) is 11.3 Å². The lowest BCUT2D eigenvalue weighted by molar-refractivity contribution is 0.730. The quantitative estimate of drug-likeness (QED) is 0.780. The average Bonchev–Trinajstić information content (AvgIpc) is 2.89. The third-order valence-electron chi connectivity index (χ3n) is 3.11. The molecule has 102 valence electrons. The topological polar surface area (TPSA) is 26.0 Å². The van der Waals surface area contributed by atoms with Crippen molar-refractivity contribution in [2.24, 2.45) is 5.73 Å². The second-order valence-corrected chi connectivity index (χ2v) is 7.33. The normalized spacial score (nSPS) is 14.6. The predicted octanol–water partition coefficient (Wildman–Crippen LogP) is 5.05. The van der Waals surface area contributed by atoms with Crippen molar-refractivity contribution in [3.63, 3.8) is 0 Å². The lowest BCUT2D eigenvalue weighted by atomic mass is 10.0. The highest BCUT2D eigenvalue weighted by Crippen LogP contribution is 2.39. The van der Waals surface area contributed by atoms with Crippen LogP contribution >= 0.6 is 23.1 Å². The van der Waals surface area contributed by atoms with Gasteiger partial charge in [-0.05, 0) is 42.0 Å². The molecular formula is C16H21NS2. The first-order valence-electron chi connectivity index (χ1n) is 6.63. The summed E-state index contributed by atoms with van der Waals surface area (Å²) in [7, 11) is 0. The summed E-state index contributed by atoms with van der Waals surface area (Å²) in [6, 6.07) is 13.3. The van der Waals surface area contributed by atoms with E-state index in [2.05, 4.69) is 62.5 Å². The summed E-state index contributed by atoms with van der Waals surface area (Å²) in [6.07, 6.45) is 0. The Labute approximate surface area is 124 Å².